The molecule has 0 amide bonds. The lowest BCUT2D eigenvalue weighted by molar-refractivity contribution is 0.595. The van der Waals surface area contributed by atoms with Crippen molar-refractivity contribution in [3.63, 3.8) is 0 Å². The fraction of sp³-hybridized carbons (Fsp3) is 0.400. The third-order valence-electron chi connectivity index (χ3n) is 2.13. The van der Waals surface area contributed by atoms with Gasteiger partial charge in [0.05, 0.1) is 0 Å². The standard InChI is InChI=1S/C10H12OS2/c11-13-7-6-12-10(13)8-9-4-2-1-3-5-9/h1-5,10H,6-8H2. The molecule has 0 radical (unpaired) electrons. The second kappa shape index (κ2) is 4.40. The van der Waals surface area contributed by atoms with Gasteiger partial charge in [0.25, 0.3) is 0 Å². The molecule has 1 fully saturated rings. The van der Waals surface area contributed by atoms with Gasteiger partial charge in [-0.2, -0.15) is 0 Å². The smallest absolute Gasteiger partial charge is 0.165 e. The first-order chi connectivity index (χ1) is 6.36. The van der Waals surface area contributed by atoms with Gasteiger partial charge in [-0.1, -0.05) is 30.3 Å². The number of hydrogen-bond donors (Lipinski definition) is 0. The molecule has 2 atom stereocenters. The molecule has 3 heteroatoms. The minimum atomic E-state index is -0.598. The summed E-state index contributed by atoms with van der Waals surface area (Å²) < 4.78 is 11.8. The third-order valence-corrected chi connectivity index (χ3v) is 5.78. The Labute approximate surface area is 86.1 Å². The van der Waals surface area contributed by atoms with Gasteiger partial charge in [0, 0.05) is 12.2 Å². The first kappa shape index (κ1) is 9.44. The molecule has 1 aromatic rings. The van der Waals surface area contributed by atoms with E-state index in [1.807, 2.05) is 30.0 Å². The highest BCUT2D eigenvalue weighted by Gasteiger charge is 2.29. The van der Waals surface area contributed by atoms with E-state index in [9.17, 15) is 4.55 Å². The molecule has 2 rings (SSSR count). The zero-order valence-corrected chi connectivity index (χ0v) is 8.94. The Hall–Kier alpha value is -0.120. The molecule has 1 aliphatic heterocycles. The molecule has 1 heterocycles. The molecule has 0 saturated carbocycles. The van der Waals surface area contributed by atoms with E-state index in [0.717, 1.165) is 17.9 Å². The first-order valence-corrected chi connectivity index (χ1v) is 6.82. The van der Waals surface area contributed by atoms with Crippen LogP contribution >= 0.6 is 11.8 Å². The Bertz CT molecular complexity index is 263. The maximum absolute atomic E-state index is 11.5. The zero-order chi connectivity index (χ0) is 9.10. The molecule has 0 bridgehead atoms. The molecule has 0 aromatic heterocycles. The van der Waals surface area contributed by atoms with E-state index in [1.165, 1.54) is 5.56 Å². The maximum atomic E-state index is 11.5. The van der Waals surface area contributed by atoms with Crippen LogP contribution in [0.4, 0.5) is 0 Å². The molecular formula is C10H12OS2. The lowest BCUT2D eigenvalue weighted by atomic mass is 10.2. The number of hydrogen-bond acceptors (Lipinski definition) is 2. The van der Waals surface area contributed by atoms with E-state index in [2.05, 4.69) is 12.1 Å². The molecule has 0 spiro atoms. The van der Waals surface area contributed by atoms with Crippen LogP contribution in [-0.4, -0.2) is 20.6 Å². The normalized spacial score (nSPS) is 27.8. The highest BCUT2D eigenvalue weighted by Crippen LogP contribution is 2.29. The van der Waals surface area contributed by atoms with Crippen molar-refractivity contribution in [3.05, 3.63) is 35.9 Å². The quantitative estimate of drug-likeness (QED) is 0.700. The van der Waals surface area contributed by atoms with Crippen molar-refractivity contribution in [3.8, 4) is 0 Å². The fourth-order valence-corrected chi connectivity index (χ4v) is 4.87. The van der Waals surface area contributed by atoms with Crippen molar-refractivity contribution in [1.29, 1.82) is 0 Å². The van der Waals surface area contributed by atoms with E-state index < -0.39 is 11.2 Å². The second-order valence-electron chi connectivity index (χ2n) is 3.07. The topological polar surface area (TPSA) is 23.1 Å². The van der Waals surface area contributed by atoms with E-state index in [-0.39, 0.29) is 0 Å². The van der Waals surface area contributed by atoms with Gasteiger partial charge >= 0.3 is 0 Å². The summed E-state index contributed by atoms with van der Waals surface area (Å²) >= 11 is 1.25. The Morgan fingerprint density at radius 3 is 2.77 bits per heavy atom. The van der Waals surface area contributed by atoms with Crippen LogP contribution in [0.2, 0.25) is 0 Å². The summed E-state index contributed by atoms with van der Waals surface area (Å²) in [5.41, 5.74) is 1.30. The van der Waals surface area contributed by atoms with Gasteiger partial charge in [-0.3, -0.25) is 0 Å². The molecule has 1 aliphatic rings. The lowest BCUT2D eigenvalue weighted by Crippen LogP contribution is -2.16. The lowest BCUT2D eigenvalue weighted by Gasteiger charge is -2.12. The van der Waals surface area contributed by atoms with Crippen molar-refractivity contribution in [2.24, 2.45) is 0 Å². The third kappa shape index (κ3) is 2.42. The van der Waals surface area contributed by atoms with Crippen molar-refractivity contribution in [2.75, 3.05) is 11.5 Å². The van der Waals surface area contributed by atoms with E-state index >= 15 is 0 Å². The van der Waals surface area contributed by atoms with E-state index in [1.54, 1.807) is 0 Å². The SMILES string of the molecule is [O-][S+]1CCSC1Cc1ccccc1. The number of rotatable bonds is 2. The first-order valence-electron chi connectivity index (χ1n) is 4.39. The summed E-state index contributed by atoms with van der Waals surface area (Å²) in [6.45, 7) is 0. The van der Waals surface area contributed by atoms with Gasteiger partial charge in [0.1, 0.15) is 5.75 Å². The average molecular weight is 212 g/mol. The number of benzene rings is 1. The van der Waals surface area contributed by atoms with Crippen molar-refractivity contribution >= 4 is 22.9 Å². The van der Waals surface area contributed by atoms with Gasteiger partial charge in [-0.05, 0) is 16.7 Å². The summed E-state index contributed by atoms with van der Waals surface area (Å²) in [7, 11) is 0. The highest BCUT2D eigenvalue weighted by molar-refractivity contribution is 8.16. The minimum absolute atomic E-state index is 0.336. The molecule has 13 heavy (non-hydrogen) atoms. The Kier molecular flexibility index (Phi) is 3.19. The molecule has 0 N–H and O–H groups in total. The molecule has 0 aliphatic carbocycles. The monoisotopic (exact) mass is 212 g/mol. The zero-order valence-electron chi connectivity index (χ0n) is 7.31. The van der Waals surface area contributed by atoms with Gasteiger partial charge in [0.15, 0.2) is 4.58 Å². The van der Waals surface area contributed by atoms with Crippen LogP contribution in [0.25, 0.3) is 0 Å². The van der Waals surface area contributed by atoms with Gasteiger partial charge < -0.3 is 4.55 Å². The molecule has 1 nitrogen and oxygen atoms in total. The van der Waals surface area contributed by atoms with Gasteiger partial charge in [0.2, 0.25) is 0 Å². The maximum Gasteiger partial charge on any atom is 0.165 e. The van der Waals surface area contributed by atoms with E-state index in [0.29, 0.717) is 4.58 Å². The minimum Gasteiger partial charge on any atom is -0.615 e. The summed E-state index contributed by atoms with van der Waals surface area (Å²) in [5.74, 6) is 1.94. The van der Waals surface area contributed by atoms with Crippen molar-refractivity contribution < 1.29 is 4.55 Å². The highest BCUT2D eigenvalue weighted by atomic mass is 32.3. The average Bonchev–Trinajstić information content (AvgIpc) is 2.54. The van der Waals surface area contributed by atoms with Crippen molar-refractivity contribution in [2.45, 2.75) is 11.0 Å². The Morgan fingerprint density at radius 2 is 2.15 bits per heavy atom. The van der Waals surface area contributed by atoms with Crippen LogP contribution in [0.3, 0.4) is 0 Å². The molecule has 1 aromatic carbocycles. The van der Waals surface area contributed by atoms with Crippen LogP contribution in [0.15, 0.2) is 30.3 Å². The predicted molar refractivity (Wildman–Crippen MR) is 59.4 cm³/mol. The summed E-state index contributed by atoms with van der Waals surface area (Å²) in [5, 5.41) is 0. The fourth-order valence-electron chi connectivity index (χ4n) is 1.43. The molecule has 1 saturated heterocycles. The number of thioether (sulfide) groups is 1. The summed E-state index contributed by atoms with van der Waals surface area (Å²) in [6.07, 6.45) is 0.956. The van der Waals surface area contributed by atoms with Crippen LogP contribution < -0.4 is 0 Å². The van der Waals surface area contributed by atoms with Gasteiger partial charge in [-0.25, -0.2) is 0 Å². The summed E-state index contributed by atoms with van der Waals surface area (Å²) in [4.78, 5) is 0. The van der Waals surface area contributed by atoms with Gasteiger partial charge in [-0.15, -0.1) is 11.8 Å². The van der Waals surface area contributed by atoms with E-state index in [4.69, 9.17) is 0 Å². The largest absolute Gasteiger partial charge is 0.615 e. The Morgan fingerprint density at radius 1 is 1.38 bits per heavy atom. The van der Waals surface area contributed by atoms with Crippen LogP contribution in [0.5, 0.6) is 0 Å². The summed E-state index contributed by atoms with van der Waals surface area (Å²) in [6, 6.07) is 10.3. The van der Waals surface area contributed by atoms with Crippen molar-refractivity contribution in [1.82, 2.24) is 0 Å². The predicted octanol–water partition coefficient (Wildman–Crippen LogP) is 2.05. The second-order valence-corrected chi connectivity index (χ2v) is 6.42. The molecular weight excluding hydrogens is 200 g/mol. The van der Waals surface area contributed by atoms with Crippen LogP contribution in [-0.2, 0) is 17.6 Å². The Balaban J connectivity index is 1.98. The van der Waals surface area contributed by atoms with Crippen LogP contribution in [0.1, 0.15) is 5.56 Å². The van der Waals surface area contributed by atoms with Crippen LogP contribution in [0, 0.1) is 0 Å². The molecule has 70 valence electrons. The molecule has 2 unspecified atom stereocenters.